The first-order chi connectivity index (χ1) is 17.1. The Kier molecular flexibility index (Phi) is 7.51. The summed E-state index contributed by atoms with van der Waals surface area (Å²) in [6, 6.07) is 20.1. The Morgan fingerprint density at radius 3 is 2.54 bits per heavy atom. The molecule has 2 amide bonds. The van der Waals surface area contributed by atoms with Crippen molar-refractivity contribution in [1.29, 1.82) is 0 Å². The largest absolute Gasteiger partial charge is 0.341 e. The van der Waals surface area contributed by atoms with E-state index in [4.69, 9.17) is 11.6 Å². The van der Waals surface area contributed by atoms with E-state index in [1.54, 1.807) is 24.3 Å². The molecule has 35 heavy (non-hydrogen) atoms. The third-order valence-electron chi connectivity index (χ3n) is 7.00. The summed E-state index contributed by atoms with van der Waals surface area (Å²) in [5.74, 6) is 0.150. The molecular formula is C28H30ClN3O2S. The number of thiophene rings is 1. The molecule has 0 radical (unpaired) electrons. The number of benzene rings is 2. The van der Waals surface area contributed by atoms with Crippen molar-refractivity contribution < 1.29 is 9.59 Å². The Morgan fingerprint density at radius 2 is 1.71 bits per heavy atom. The Hall–Kier alpha value is -2.67. The lowest BCUT2D eigenvalue weighted by molar-refractivity contribution is -0.131. The molecule has 1 saturated heterocycles. The molecule has 2 aliphatic heterocycles. The summed E-state index contributed by atoms with van der Waals surface area (Å²) in [4.78, 5) is 33.8. The maximum atomic E-state index is 13.2. The number of carbonyl (C=O) groups excluding carboxylic acids is 2. The topological polar surface area (TPSA) is 43.9 Å². The Labute approximate surface area is 215 Å². The van der Waals surface area contributed by atoms with Gasteiger partial charge in [0, 0.05) is 61.2 Å². The average molecular weight is 508 g/mol. The van der Waals surface area contributed by atoms with Gasteiger partial charge in [-0.2, -0.15) is 0 Å². The maximum absolute atomic E-state index is 13.2. The Balaban J connectivity index is 1.20. The van der Waals surface area contributed by atoms with E-state index in [9.17, 15) is 9.59 Å². The van der Waals surface area contributed by atoms with E-state index in [1.807, 2.05) is 21.1 Å². The molecule has 7 heteroatoms. The monoisotopic (exact) mass is 507 g/mol. The number of hydrogen-bond acceptors (Lipinski definition) is 4. The van der Waals surface area contributed by atoms with Gasteiger partial charge in [-0.3, -0.25) is 14.5 Å². The first-order valence-corrected chi connectivity index (χ1v) is 13.5. The number of fused-ring (bicyclic) bond motifs is 1. The van der Waals surface area contributed by atoms with Crippen molar-refractivity contribution in [1.82, 2.24) is 14.7 Å². The standard InChI is InChI=1S/C28H30ClN3O2S/c29-23-9-4-8-22(20-23)28(34)32-14-5-13-30(17-18-32)26(33)11-16-31-15-10-25-24(12-19-35-25)27(31)21-6-2-1-3-7-21/h1-4,6-9,12,19-20,27H,5,10-11,13-18H2/t27-/m0/s1. The van der Waals surface area contributed by atoms with Gasteiger partial charge >= 0.3 is 0 Å². The van der Waals surface area contributed by atoms with Crippen LogP contribution in [0.2, 0.25) is 5.02 Å². The Morgan fingerprint density at radius 1 is 0.914 bits per heavy atom. The number of carbonyl (C=O) groups is 2. The minimum absolute atomic E-state index is 0.0209. The number of rotatable bonds is 5. The molecule has 1 atom stereocenters. The molecule has 0 N–H and O–H groups in total. The first-order valence-electron chi connectivity index (χ1n) is 12.3. The van der Waals surface area contributed by atoms with Crippen LogP contribution in [0.15, 0.2) is 66.0 Å². The molecule has 182 valence electrons. The lowest BCUT2D eigenvalue weighted by Crippen LogP contribution is -2.40. The second-order valence-corrected chi connectivity index (χ2v) is 10.6. The summed E-state index contributed by atoms with van der Waals surface area (Å²) in [6.45, 7) is 4.15. The highest BCUT2D eigenvalue weighted by atomic mass is 35.5. The molecule has 0 spiro atoms. The minimum Gasteiger partial charge on any atom is -0.341 e. The van der Waals surface area contributed by atoms with Gasteiger partial charge in [-0.15, -0.1) is 11.3 Å². The molecule has 0 aliphatic carbocycles. The zero-order valence-electron chi connectivity index (χ0n) is 19.7. The van der Waals surface area contributed by atoms with Crippen LogP contribution in [-0.4, -0.2) is 65.8 Å². The predicted molar refractivity (Wildman–Crippen MR) is 141 cm³/mol. The molecule has 0 bridgehead atoms. The van der Waals surface area contributed by atoms with E-state index < -0.39 is 0 Å². The van der Waals surface area contributed by atoms with Crippen molar-refractivity contribution >= 4 is 34.8 Å². The fraction of sp³-hybridized carbons (Fsp3) is 0.357. The summed E-state index contributed by atoms with van der Waals surface area (Å²) >= 11 is 7.90. The zero-order valence-corrected chi connectivity index (χ0v) is 21.3. The fourth-order valence-corrected chi connectivity index (χ4v) is 6.30. The normalized spacial score (nSPS) is 18.7. The van der Waals surface area contributed by atoms with Crippen molar-refractivity contribution in [2.24, 2.45) is 0 Å². The van der Waals surface area contributed by atoms with Crippen LogP contribution < -0.4 is 0 Å². The average Bonchev–Trinajstić information content (AvgIpc) is 3.22. The minimum atomic E-state index is -0.0209. The molecular weight excluding hydrogens is 478 g/mol. The highest BCUT2D eigenvalue weighted by Gasteiger charge is 2.30. The summed E-state index contributed by atoms with van der Waals surface area (Å²) in [7, 11) is 0. The summed E-state index contributed by atoms with van der Waals surface area (Å²) in [6.07, 6.45) is 2.31. The van der Waals surface area contributed by atoms with Crippen LogP contribution >= 0.6 is 22.9 Å². The van der Waals surface area contributed by atoms with Crippen LogP contribution in [0, 0.1) is 0 Å². The van der Waals surface area contributed by atoms with E-state index >= 15 is 0 Å². The molecule has 1 fully saturated rings. The van der Waals surface area contributed by atoms with Gasteiger partial charge < -0.3 is 9.80 Å². The van der Waals surface area contributed by atoms with Crippen molar-refractivity contribution in [3.63, 3.8) is 0 Å². The number of hydrogen-bond donors (Lipinski definition) is 0. The zero-order chi connectivity index (χ0) is 24.2. The van der Waals surface area contributed by atoms with Gasteiger partial charge in [-0.25, -0.2) is 0 Å². The van der Waals surface area contributed by atoms with Crippen molar-refractivity contribution in [3.05, 3.63) is 92.6 Å². The van der Waals surface area contributed by atoms with Gasteiger partial charge in [0.25, 0.3) is 5.91 Å². The van der Waals surface area contributed by atoms with Crippen LogP contribution in [0.1, 0.15) is 45.2 Å². The Bertz CT molecular complexity index is 1180. The lowest BCUT2D eigenvalue weighted by atomic mass is 9.93. The van der Waals surface area contributed by atoms with Crippen molar-refractivity contribution in [2.75, 3.05) is 39.3 Å². The van der Waals surface area contributed by atoms with Gasteiger partial charge in [-0.05, 0) is 53.6 Å². The van der Waals surface area contributed by atoms with E-state index in [0.29, 0.717) is 43.2 Å². The molecule has 2 aromatic carbocycles. The molecule has 5 rings (SSSR count). The van der Waals surface area contributed by atoms with Crippen molar-refractivity contribution in [2.45, 2.75) is 25.3 Å². The fourth-order valence-electron chi connectivity index (χ4n) is 5.21. The van der Waals surface area contributed by atoms with E-state index in [0.717, 1.165) is 25.9 Å². The van der Waals surface area contributed by atoms with E-state index in [1.165, 1.54) is 16.0 Å². The smallest absolute Gasteiger partial charge is 0.253 e. The molecule has 0 unspecified atom stereocenters. The third kappa shape index (κ3) is 5.45. The van der Waals surface area contributed by atoms with E-state index in [2.05, 4.69) is 46.7 Å². The SMILES string of the molecule is O=C(CCN1CCc2sccc2[C@@H]1c1ccccc1)N1CCCN(C(=O)c2cccc(Cl)c2)CC1. The first kappa shape index (κ1) is 24.0. The summed E-state index contributed by atoms with van der Waals surface area (Å²) < 4.78 is 0. The number of halogens is 1. The quantitative estimate of drug-likeness (QED) is 0.482. The van der Waals surface area contributed by atoms with Gasteiger partial charge in [0.2, 0.25) is 5.91 Å². The second-order valence-electron chi connectivity index (χ2n) is 9.19. The van der Waals surface area contributed by atoms with E-state index in [-0.39, 0.29) is 17.9 Å². The molecule has 1 aromatic heterocycles. The second kappa shape index (κ2) is 10.9. The molecule has 3 aromatic rings. The van der Waals surface area contributed by atoms with Crippen LogP contribution in [0.5, 0.6) is 0 Å². The van der Waals surface area contributed by atoms with Gasteiger partial charge in [0.05, 0.1) is 6.04 Å². The van der Waals surface area contributed by atoms with Crippen LogP contribution in [0.25, 0.3) is 0 Å². The van der Waals surface area contributed by atoms with Gasteiger partial charge in [0.15, 0.2) is 0 Å². The third-order valence-corrected chi connectivity index (χ3v) is 8.23. The summed E-state index contributed by atoms with van der Waals surface area (Å²) in [5.41, 5.74) is 3.26. The highest BCUT2D eigenvalue weighted by Crippen LogP contribution is 2.37. The highest BCUT2D eigenvalue weighted by molar-refractivity contribution is 7.10. The number of amides is 2. The predicted octanol–water partition coefficient (Wildman–Crippen LogP) is 5.11. The summed E-state index contributed by atoms with van der Waals surface area (Å²) in [5, 5.41) is 2.74. The van der Waals surface area contributed by atoms with Gasteiger partial charge in [-0.1, -0.05) is 48.0 Å². The molecule has 5 nitrogen and oxygen atoms in total. The van der Waals surface area contributed by atoms with Crippen LogP contribution in [-0.2, 0) is 11.2 Å². The maximum Gasteiger partial charge on any atom is 0.253 e. The lowest BCUT2D eigenvalue weighted by Gasteiger charge is -2.36. The van der Waals surface area contributed by atoms with Crippen LogP contribution in [0.3, 0.4) is 0 Å². The van der Waals surface area contributed by atoms with Crippen molar-refractivity contribution in [3.8, 4) is 0 Å². The molecule has 2 aliphatic rings. The van der Waals surface area contributed by atoms with Gasteiger partial charge in [0.1, 0.15) is 0 Å². The van der Waals surface area contributed by atoms with Crippen LogP contribution in [0.4, 0.5) is 0 Å². The molecule has 3 heterocycles. The number of nitrogens with zero attached hydrogens (tertiary/aromatic N) is 3. The molecule has 0 saturated carbocycles.